The second-order valence-corrected chi connectivity index (χ2v) is 16.3. The van der Waals surface area contributed by atoms with Crippen molar-refractivity contribution < 1.29 is 4.42 Å². The Morgan fingerprint density at radius 1 is 0.510 bits per heavy atom. The van der Waals surface area contributed by atoms with Crippen molar-refractivity contribution in [3.63, 3.8) is 0 Å². The first-order chi connectivity index (χ1) is 23.3. The molecule has 49 heavy (non-hydrogen) atoms. The molecule has 0 saturated carbocycles. The number of hydrogen-bond donors (Lipinski definition) is 0. The minimum Gasteiger partial charge on any atom is -0.456 e. The molecule has 1 aliphatic carbocycles. The fraction of sp³-hybridized carbons (Fsp3) is 0.234. The normalized spacial score (nSPS) is 13.9. The van der Waals surface area contributed by atoms with Gasteiger partial charge in [0.15, 0.2) is 0 Å². The summed E-state index contributed by atoms with van der Waals surface area (Å²) in [6.07, 6.45) is 0. The second kappa shape index (κ2) is 11.0. The maximum Gasteiger partial charge on any atom is 0.135 e. The molecule has 8 rings (SSSR count). The predicted octanol–water partition coefficient (Wildman–Crippen LogP) is 13.6. The number of hydrogen-bond acceptors (Lipinski definition) is 2. The third-order valence-corrected chi connectivity index (χ3v) is 10.6. The van der Waals surface area contributed by atoms with Crippen LogP contribution in [-0.4, -0.2) is 0 Å². The van der Waals surface area contributed by atoms with Crippen molar-refractivity contribution in [1.29, 1.82) is 0 Å². The molecule has 0 amide bonds. The molecule has 2 nitrogen and oxygen atoms in total. The molecular formula is C47H45NO. The van der Waals surface area contributed by atoms with E-state index < -0.39 is 0 Å². The van der Waals surface area contributed by atoms with E-state index in [0.29, 0.717) is 0 Å². The predicted molar refractivity (Wildman–Crippen MR) is 209 cm³/mol. The molecule has 0 radical (unpaired) electrons. The summed E-state index contributed by atoms with van der Waals surface area (Å²) in [4.78, 5) is 2.46. The Balaban J connectivity index is 1.32. The SMILES string of the molecule is CC(C)(C)c1ccc(-c2cccc(N(c3ccc(C(C)(C)C)cc3)c3cccc4c3C(C)(C)c3cc5oc6ccccc6c5cc3-4)c2)cc1. The molecule has 6 aromatic carbocycles. The molecule has 2 heteroatoms. The molecule has 0 atom stereocenters. The zero-order valence-electron chi connectivity index (χ0n) is 30.0. The van der Waals surface area contributed by atoms with Crippen LogP contribution in [0.4, 0.5) is 17.1 Å². The van der Waals surface area contributed by atoms with E-state index in [2.05, 4.69) is 182 Å². The van der Waals surface area contributed by atoms with Gasteiger partial charge in [-0.25, -0.2) is 0 Å². The van der Waals surface area contributed by atoms with Crippen molar-refractivity contribution in [3.05, 3.63) is 150 Å². The summed E-state index contributed by atoms with van der Waals surface area (Å²) in [5.74, 6) is 0. The summed E-state index contributed by atoms with van der Waals surface area (Å²) in [6.45, 7) is 18.4. The van der Waals surface area contributed by atoms with Crippen molar-refractivity contribution in [2.45, 2.75) is 71.6 Å². The Morgan fingerprint density at radius 3 is 1.86 bits per heavy atom. The van der Waals surface area contributed by atoms with Gasteiger partial charge in [0.2, 0.25) is 0 Å². The van der Waals surface area contributed by atoms with E-state index in [4.69, 9.17) is 4.42 Å². The number of anilines is 3. The van der Waals surface area contributed by atoms with Crippen molar-refractivity contribution in [1.82, 2.24) is 0 Å². The van der Waals surface area contributed by atoms with E-state index in [1.807, 2.05) is 6.07 Å². The molecule has 1 aromatic heterocycles. The molecule has 1 heterocycles. The van der Waals surface area contributed by atoms with Gasteiger partial charge >= 0.3 is 0 Å². The van der Waals surface area contributed by atoms with Gasteiger partial charge in [0.1, 0.15) is 11.2 Å². The Morgan fingerprint density at radius 2 is 1.16 bits per heavy atom. The van der Waals surface area contributed by atoms with Crippen molar-refractivity contribution >= 4 is 39.0 Å². The molecular weight excluding hydrogens is 595 g/mol. The first kappa shape index (κ1) is 31.2. The zero-order valence-corrected chi connectivity index (χ0v) is 30.0. The minimum atomic E-state index is -0.252. The Hall–Kier alpha value is -5.08. The van der Waals surface area contributed by atoms with Crippen molar-refractivity contribution in [2.24, 2.45) is 0 Å². The number of benzene rings is 6. The molecule has 7 aromatic rings. The summed E-state index contributed by atoms with van der Waals surface area (Å²) in [6, 6.07) is 47.1. The van der Waals surface area contributed by atoms with Gasteiger partial charge in [-0.3, -0.25) is 0 Å². The largest absolute Gasteiger partial charge is 0.456 e. The monoisotopic (exact) mass is 639 g/mol. The Labute approximate surface area is 291 Å². The van der Waals surface area contributed by atoms with Gasteiger partial charge in [0.05, 0.1) is 5.69 Å². The molecule has 244 valence electrons. The van der Waals surface area contributed by atoms with Crippen LogP contribution >= 0.6 is 0 Å². The third-order valence-electron chi connectivity index (χ3n) is 10.6. The van der Waals surface area contributed by atoms with E-state index in [1.54, 1.807) is 0 Å². The average Bonchev–Trinajstić information content (AvgIpc) is 3.55. The van der Waals surface area contributed by atoms with Crippen LogP contribution in [0.3, 0.4) is 0 Å². The average molecular weight is 640 g/mol. The molecule has 0 spiro atoms. The number of fused-ring (bicyclic) bond motifs is 6. The lowest BCUT2D eigenvalue weighted by molar-refractivity contribution is 0.590. The lowest BCUT2D eigenvalue weighted by Crippen LogP contribution is -2.21. The highest BCUT2D eigenvalue weighted by molar-refractivity contribution is 6.08. The summed E-state index contributed by atoms with van der Waals surface area (Å²) in [5.41, 5.74) is 15.6. The number of nitrogens with zero attached hydrogens (tertiary/aromatic N) is 1. The molecule has 0 fully saturated rings. The highest BCUT2D eigenvalue weighted by atomic mass is 16.3. The summed E-state index contributed by atoms with van der Waals surface area (Å²) in [5, 5.41) is 2.33. The zero-order chi connectivity index (χ0) is 34.3. The van der Waals surface area contributed by atoms with Crippen LogP contribution in [-0.2, 0) is 16.2 Å². The van der Waals surface area contributed by atoms with Crippen LogP contribution in [0.1, 0.15) is 77.6 Å². The minimum absolute atomic E-state index is 0.0706. The fourth-order valence-corrected chi connectivity index (χ4v) is 7.78. The van der Waals surface area contributed by atoms with E-state index in [1.165, 1.54) is 55.6 Å². The summed E-state index contributed by atoms with van der Waals surface area (Å²) < 4.78 is 6.40. The summed E-state index contributed by atoms with van der Waals surface area (Å²) in [7, 11) is 0. The number of furan rings is 1. The molecule has 0 aliphatic heterocycles. The molecule has 1 aliphatic rings. The van der Waals surface area contributed by atoms with Gasteiger partial charge in [-0.2, -0.15) is 0 Å². The van der Waals surface area contributed by atoms with Gasteiger partial charge in [-0.1, -0.05) is 134 Å². The molecule has 0 saturated heterocycles. The van der Waals surface area contributed by atoms with Crippen LogP contribution in [0.15, 0.2) is 132 Å². The van der Waals surface area contributed by atoms with Gasteiger partial charge in [-0.05, 0) is 104 Å². The van der Waals surface area contributed by atoms with Gasteiger partial charge in [0, 0.05) is 27.6 Å². The van der Waals surface area contributed by atoms with E-state index >= 15 is 0 Å². The Kier molecular flexibility index (Phi) is 6.99. The van der Waals surface area contributed by atoms with Crippen LogP contribution in [0, 0.1) is 0 Å². The van der Waals surface area contributed by atoms with Crippen LogP contribution in [0.2, 0.25) is 0 Å². The number of para-hydroxylation sites is 1. The third kappa shape index (κ3) is 5.17. The summed E-state index contributed by atoms with van der Waals surface area (Å²) >= 11 is 0. The van der Waals surface area contributed by atoms with E-state index in [0.717, 1.165) is 27.9 Å². The van der Waals surface area contributed by atoms with Gasteiger partial charge < -0.3 is 9.32 Å². The quantitative estimate of drug-likeness (QED) is 0.191. The first-order valence-electron chi connectivity index (χ1n) is 17.5. The maximum atomic E-state index is 6.40. The molecule has 0 unspecified atom stereocenters. The van der Waals surface area contributed by atoms with Crippen molar-refractivity contribution in [3.8, 4) is 22.3 Å². The van der Waals surface area contributed by atoms with E-state index in [9.17, 15) is 0 Å². The molecule has 0 bridgehead atoms. The lowest BCUT2D eigenvalue weighted by atomic mass is 9.81. The fourth-order valence-electron chi connectivity index (χ4n) is 7.78. The van der Waals surface area contributed by atoms with Crippen LogP contribution in [0.5, 0.6) is 0 Å². The van der Waals surface area contributed by atoms with E-state index in [-0.39, 0.29) is 16.2 Å². The maximum absolute atomic E-state index is 6.40. The standard InChI is InChI=1S/C47H45NO/c1-45(2,3)32-21-19-30(20-22-32)31-13-11-14-35(27-31)48(34-25-23-33(24-26-34)46(4,5)6)41-17-12-16-37-38-28-39-36-15-9-10-18-42(36)49-43(39)29-40(38)47(7,8)44(37)41/h9-29H,1-8H3. The van der Waals surface area contributed by atoms with Crippen LogP contribution in [0.25, 0.3) is 44.2 Å². The Bertz CT molecular complexity index is 2360. The topological polar surface area (TPSA) is 16.4 Å². The highest BCUT2D eigenvalue weighted by Crippen LogP contribution is 2.55. The van der Waals surface area contributed by atoms with Gasteiger partial charge in [-0.15, -0.1) is 0 Å². The molecule has 0 N–H and O–H groups in total. The lowest BCUT2D eigenvalue weighted by Gasteiger charge is -2.32. The second-order valence-electron chi connectivity index (χ2n) is 16.3. The van der Waals surface area contributed by atoms with Gasteiger partial charge in [0.25, 0.3) is 0 Å². The smallest absolute Gasteiger partial charge is 0.135 e. The first-order valence-corrected chi connectivity index (χ1v) is 17.5. The number of rotatable bonds is 4. The highest BCUT2D eigenvalue weighted by Gasteiger charge is 2.40. The van der Waals surface area contributed by atoms with Crippen molar-refractivity contribution in [2.75, 3.05) is 4.90 Å². The van der Waals surface area contributed by atoms with Crippen LogP contribution < -0.4 is 4.90 Å².